The molecule has 2 aromatic carbocycles. The highest BCUT2D eigenvalue weighted by Crippen LogP contribution is 2.23. The molecule has 0 spiro atoms. The van der Waals surface area contributed by atoms with Crippen molar-refractivity contribution < 1.29 is 9.59 Å². The number of hydrogen-bond acceptors (Lipinski definition) is 6. The Bertz CT molecular complexity index is 796. The van der Waals surface area contributed by atoms with E-state index in [0.29, 0.717) is 22.9 Å². The van der Waals surface area contributed by atoms with Crippen LogP contribution in [-0.4, -0.2) is 35.4 Å². The average molecular weight is 443 g/mol. The standard InChI is InChI=1S/C22H26N4O2S2/c1-3-15-5-9-17(10-6-15)25-21(27)19(23)13-29-30-14-20(24)22(28)26-18-11-7-16(4-2)8-12-18/h3-12,19-20H,1-2,13-14,23-24H2,(H,25,27)(H,26,28)/t19-,20-/m0/s1. The van der Waals surface area contributed by atoms with Crippen molar-refractivity contribution >= 4 is 56.9 Å². The Hall–Kier alpha value is -2.52. The van der Waals surface area contributed by atoms with Crippen molar-refractivity contribution in [1.29, 1.82) is 0 Å². The van der Waals surface area contributed by atoms with E-state index in [9.17, 15) is 9.59 Å². The zero-order valence-electron chi connectivity index (χ0n) is 16.5. The molecule has 0 aliphatic rings. The van der Waals surface area contributed by atoms with Crippen molar-refractivity contribution in [1.82, 2.24) is 0 Å². The van der Waals surface area contributed by atoms with Gasteiger partial charge in [0.15, 0.2) is 0 Å². The molecule has 8 heteroatoms. The number of carbonyl (C=O) groups is 2. The Morgan fingerprint density at radius 3 is 1.40 bits per heavy atom. The molecule has 2 rings (SSSR count). The molecule has 0 aliphatic heterocycles. The Morgan fingerprint density at radius 2 is 1.10 bits per heavy atom. The van der Waals surface area contributed by atoms with Crippen molar-refractivity contribution in [3.63, 3.8) is 0 Å². The minimum absolute atomic E-state index is 0.264. The number of anilines is 2. The van der Waals surface area contributed by atoms with Gasteiger partial charge in [0.25, 0.3) is 0 Å². The molecule has 0 saturated carbocycles. The largest absolute Gasteiger partial charge is 0.325 e. The highest BCUT2D eigenvalue weighted by molar-refractivity contribution is 8.76. The smallest absolute Gasteiger partial charge is 0.242 e. The van der Waals surface area contributed by atoms with Gasteiger partial charge in [0.1, 0.15) is 0 Å². The molecule has 6 N–H and O–H groups in total. The lowest BCUT2D eigenvalue weighted by Crippen LogP contribution is -2.38. The molecule has 0 saturated heterocycles. The second-order valence-electron chi connectivity index (χ2n) is 6.41. The maximum absolute atomic E-state index is 12.2. The zero-order valence-corrected chi connectivity index (χ0v) is 18.2. The summed E-state index contributed by atoms with van der Waals surface area (Å²) in [6.07, 6.45) is 3.46. The van der Waals surface area contributed by atoms with Crippen LogP contribution in [-0.2, 0) is 9.59 Å². The fourth-order valence-electron chi connectivity index (χ4n) is 2.27. The van der Waals surface area contributed by atoms with Gasteiger partial charge in [-0.25, -0.2) is 0 Å². The molecule has 0 bridgehead atoms. The summed E-state index contributed by atoms with van der Waals surface area (Å²) in [4.78, 5) is 24.4. The van der Waals surface area contributed by atoms with E-state index in [0.717, 1.165) is 11.1 Å². The third kappa shape index (κ3) is 7.72. The van der Waals surface area contributed by atoms with E-state index in [1.807, 2.05) is 24.3 Å². The van der Waals surface area contributed by atoms with Gasteiger partial charge in [-0.3, -0.25) is 9.59 Å². The SMILES string of the molecule is C=Cc1ccc(NC(=O)[C@@H](N)CSSC[C@H](N)C(=O)Nc2ccc(C=C)cc2)cc1. The third-order valence-electron chi connectivity index (χ3n) is 4.08. The van der Waals surface area contributed by atoms with Crippen LogP contribution in [0.15, 0.2) is 61.7 Å². The van der Waals surface area contributed by atoms with Crippen molar-refractivity contribution in [3.05, 3.63) is 72.8 Å². The van der Waals surface area contributed by atoms with Crippen molar-refractivity contribution in [2.45, 2.75) is 12.1 Å². The van der Waals surface area contributed by atoms with Gasteiger partial charge in [-0.1, -0.05) is 71.2 Å². The second-order valence-corrected chi connectivity index (χ2v) is 8.97. The Kier molecular flexibility index (Phi) is 9.69. The topological polar surface area (TPSA) is 110 Å². The number of carbonyl (C=O) groups excluding carboxylic acids is 2. The summed E-state index contributed by atoms with van der Waals surface area (Å²) in [5.41, 5.74) is 15.2. The quantitative estimate of drug-likeness (QED) is 0.313. The molecule has 0 fully saturated rings. The first-order valence-corrected chi connectivity index (χ1v) is 11.7. The van der Waals surface area contributed by atoms with Gasteiger partial charge in [0.2, 0.25) is 11.8 Å². The molecule has 0 unspecified atom stereocenters. The maximum Gasteiger partial charge on any atom is 0.242 e. The Balaban J connectivity index is 1.68. The average Bonchev–Trinajstić information content (AvgIpc) is 2.77. The van der Waals surface area contributed by atoms with Gasteiger partial charge in [0.05, 0.1) is 12.1 Å². The van der Waals surface area contributed by atoms with E-state index >= 15 is 0 Å². The van der Waals surface area contributed by atoms with Gasteiger partial charge in [0, 0.05) is 22.9 Å². The summed E-state index contributed by atoms with van der Waals surface area (Å²) < 4.78 is 0. The molecule has 2 atom stereocenters. The van der Waals surface area contributed by atoms with E-state index in [1.54, 1.807) is 36.4 Å². The van der Waals surface area contributed by atoms with Gasteiger partial charge in [-0.2, -0.15) is 0 Å². The molecule has 0 aliphatic carbocycles. The van der Waals surface area contributed by atoms with Gasteiger partial charge in [-0.15, -0.1) is 0 Å². The van der Waals surface area contributed by atoms with E-state index in [-0.39, 0.29) is 11.8 Å². The number of nitrogens with one attached hydrogen (secondary N) is 2. The molecule has 0 heterocycles. The molecule has 0 radical (unpaired) electrons. The summed E-state index contributed by atoms with van der Waals surface area (Å²) >= 11 is 0. The van der Waals surface area contributed by atoms with Crippen LogP contribution in [0, 0.1) is 0 Å². The molecule has 30 heavy (non-hydrogen) atoms. The first-order chi connectivity index (χ1) is 14.4. The van der Waals surface area contributed by atoms with E-state index in [2.05, 4.69) is 23.8 Å². The van der Waals surface area contributed by atoms with Crippen LogP contribution in [0.5, 0.6) is 0 Å². The number of rotatable bonds is 11. The van der Waals surface area contributed by atoms with Crippen molar-refractivity contribution in [2.75, 3.05) is 22.1 Å². The Labute approximate surface area is 185 Å². The molecule has 0 aromatic heterocycles. The van der Waals surface area contributed by atoms with Crippen molar-refractivity contribution in [2.24, 2.45) is 11.5 Å². The van der Waals surface area contributed by atoms with Crippen LogP contribution in [0.3, 0.4) is 0 Å². The van der Waals surface area contributed by atoms with Crippen LogP contribution in [0.25, 0.3) is 12.2 Å². The molecule has 2 aromatic rings. The highest BCUT2D eigenvalue weighted by atomic mass is 33.1. The molecular weight excluding hydrogens is 416 g/mol. The number of benzene rings is 2. The van der Waals surface area contributed by atoms with Crippen LogP contribution in [0.4, 0.5) is 11.4 Å². The van der Waals surface area contributed by atoms with Gasteiger partial charge >= 0.3 is 0 Å². The number of hydrogen-bond donors (Lipinski definition) is 4. The lowest BCUT2D eigenvalue weighted by molar-refractivity contribution is -0.117. The highest BCUT2D eigenvalue weighted by Gasteiger charge is 2.17. The predicted octanol–water partition coefficient (Wildman–Crippen LogP) is 3.59. The zero-order chi connectivity index (χ0) is 21.9. The lowest BCUT2D eigenvalue weighted by atomic mass is 10.2. The minimum atomic E-state index is -0.671. The number of amides is 2. The maximum atomic E-state index is 12.2. The van der Waals surface area contributed by atoms with Crippen LogP contribution in [0.2, 0.25) is 0 Å². The summed E-state index contributed by atoms with van der Waals surface area (Å²) in [5.74, 6) is 0.274. The normalized spacial score (nSPS) is 12.5. The first-order valence-electron chi connectivity index (χ1n) is 9.25. The first kappa shape index (κ1) is 23.8. The second kappa shape index (κ2) is 12.2. The molecule has 6 nitrogen and oxygen atoms in total. The predicted molar refractivity (Wildman–Crippen MR) is 131 cm³/mol. The monoisotopic (exact) mass is 442 g/mol. The summed E-state index contributed by atoms with van der Waals surface area (Å²) in [5, 5.41) is 5.56. The fourth-order valence-corrected chi connectivity index (χ4v) is 4.51. The van der Waals surface area contributed by atoms with E-state index in [4.69, 9.17) is 11.5 Å². The fraction of sp³-hybridized carbons (Fsp3) is 0.182. The van der Waals surface area contributed by atoms with Crippen molar-refractivity contribution in [3.8, 4) is 0 Å². The summed E-state index contributed by atoms with van der Waals surface area (Å²) in [6, 6.07) is 13.3. The van der Waals surface area contributed by atoms with Gasteiger partial charge in [-0.05, 0) is 35.4 Å². The summed E-state index contributed by atoms with van der Waals surface area (Å²) in [6.45, 7) is 7.38. The van der Waals surface area contributed by atoms with Crippen LogP contribution < -0.4 is 22.1 Å². The molecule has 158 valence electrons. The number of nitrogens with two attached hydrogens (primary N) is 2. The lowest BCUT2D eigenvalue weighted by Gasteiger charge is -2.14. The molecular formula is C22H26N4O2S2. The van der Waals surface area contributed by atoms with E-state index in [1.165, 1.54) is 21.6 Å². The van der Waals surface area contributed by atoms with Crippen LogP contribution in [0.1, 0.15) is 11.1 Å². The minimum Gasteiger partial charge on any atom is -0.325 e. The van der Waals surface area contributed by atoms with Crippen LogP contribution >= 0.6 is 21.6 Å². The van der Waals surface area contributed by atoms with E-state index < -0.39 is 12.1 Å². The third-order valence-corrected chi connectivity index (χ3v) is 6.55. The Morgan fingerprint density at radius 1 is 0.767 bits per heavy atom. The van der Waals surface area contributed by atoms with Gasteiger partial charge < -0.3 is 22.1 Å². The molecule has 2 amide bonds. The summed E-state index contributed by atoms with van der Waals surface area (Å²) in [7, 11) is 2.82.